The van der Waals surface area contributed by atoms with E-state index >= 15 is 0 Å². The van der Waals surface area contributed by atoms with Crippen LogP contribution >= 0.6 is 38.4 Å². The SMILES string of the molecule is CCOP(=O)(OCC)/C(Cl)=C/Nc1nonc1N/C=C(\Cl)P(=O)(OCC)OCC. The van der Waals surface area contributed by atoms with Crippen molar-refractivity contribution in [1.29, 1.82) is 0 Å². The number of halogens is 2. The van der Waals surface area contributed by atoms with Crippen molar-refractivity contribution in [3.05, 3.63) is 21.9 Å². The summed E-state index contributed by atoms with van der Waals surface area (Å²) < 4.78 is 49.9. The molecule has 1 rings (SSSR count). The lowest BCUT2D eigenvalue weighted by Gasteiger charge is -2.16. The van der Waals surface area contributed by atoms with E-state index in [2.05, 4.69) is 25.6 Å². The van der Waals surface area contributed by atoms with Gasteiger partial charge < -0.3 is 28.7 Å². The molecule has 1 aromatic rings. The number of hydrogen-bond acceptors (Lipinski definition) is 11. The van der Waals surface area contributed by atoms with Crippen LogP contribution in [0.15, 0.2) is 26.6 Å². The zero-order valence-corrected chi connectivity index (χ0v) is 19.7. The third kappa shape index (κ3) is 7.70. The molecule has 1 heterocycles. The maximum atomic E-state index is 12.6. The van der Waals surface area contributed by atoms with Crippen molar-refractivity contribution < 1.29 is 31.9 Å². The van der Waals surface area contributed by atoms with Crippen LogP contribution in [0.2, 0.25) is 0 Å². The van der Waals surface area contributed by atoms with E-state index in [-0.39, 0.29) is 47.6 Å². The summed E-state index contributed by atoms with van der Waals surface area (Å²) in [7, 11) is -7.30. The molecule has 0 unspecified atom stereocenters. The van der Waals surface area contributed by atoms with Crippen LogP contribution in [0.1, 0.15) is 27.7 Å². The highest BCUT2D eigenvalue weighted by Crippen LogP contribution is 2.58. The Labute approximate surface area is 179 Å². The molecule has 11 nitrogen and oxygen atoms in total. The second kappa shape index (κ2) is 12.7. The quantitative estimate of drug-likeness (QED) is 0.318. The minimum absolute atomic E-state index is 0.0751. The zero-order chi connectivity index (χ0) is 21.9. The largest absolute Gasteiger partial charge is 0.374 e. The van der Waals surface area contributed by atoms with Crippen LogP contribution < -0.4 is 10.6 Å². The molecule has 0 spiro atoms. The Bertz CT molecular complexity index is 720. The average Bonchev–Trinajstić information content (AvgIpc) is 3.12. The normalized spacial score (nSPS) is 13.6. The van der Waals surface area contributed by atoms with Gasteiger partial charge >= 0.3 is 15.2 Å². The van der Waals surface area contributed by atoms with Gasteiger partial charge in [-0.3, -0.25) is 9.13 Å². The Morgan fingerprint density at radius 2 is 1.14 bits per heavy atom. The maximum absolute atomic E-state index is 12.6. The molecular formula is C14H24Cl2N4O7P2. The molecule has 0 amide bonds. The highest BCUT2D eigenvalue weighted by atomic mass is 35.5. The molecule has 0 saturated carbocycles. The minimum Gasteiger partial charge on any atom is -0.339 e. The molecule has 0 saturated heterocycles. The van der Waals surface area contributed by atoms with Crippen molar-refractivity contribution >= 4 is 50.0 Å². The van der Waals surface area contributed by atoms with Crippen LogP contribution in [0.25, 0.3) is 0 Å². The van der Waals surface area contributed by atoms with Gasteiger partial charge in [0.25, 0.3) is 0 Å². The first-order valence-corrected chi connectivity index (χ1v) is 12.5. The standard InChI is InChI=1S/C14H24Cl2N4O7P2/c1-5-23-28(21,24-6-2)11(15)9-17-13-14(20-27-19-13)18-10-12(16)29(22,25-7-3)26-8-4/h9-10H,5-8H2,1-4H3,(H,17,19)(H,18,20)/b11-9+,12-10+. The summed E-state index contributed by atoms with van der Waals surface area (Å²) in [5.41, 5.74) is 0. The molecule has 0 aromatic carbocycles. The summed E-state index contributed by atoms with van der Waals surface area (Å²) in [6.45, 7) is 7.20. The van der Waals surface area contributed by atoms with Crippen LogP contribution in [0.3, 0.4) is 0 Å². The Morgan fingerprint density at radius 1 is 0.828 bits per heavy atom. The van der Waals surface area contributed by atoms with E-state index in [1.54, 1.807) is 27.7 Å². The van der Waals surface area contributed by atoms with E-state index in [0.29, 0.717) is 0 Å². The number of nitrogens with zero attached hydrogens (tertiary/aromatic N) is 2. The van der Waals surface area contributed by atoms with Crippen molar-refractivity contribution in [2.24, 2.45) is 0 Å². The Balaban J connectivity index is 2.95. The molecule has 29 heavy (non-hydrogen) atoms. The van der Waals surface area contributed by atoms with Gasteiger partial charge in [0, 0.05) is 12.4 Å². The summed E-state index contributed by atoms with van der Waals surface area (Å²) in [4.78, 5) is 0. The molecule has 0 aliphatic heterocycles. The second-order valence-corrected chi connectivity index (χ2v) is 10.2. The monoisotopic (exact) mass is 492 g/mol. The molecule has 0 aliphatic carbocycles. The molecule has 0 aliphatic rings. The third-order valence-electron chi connectivity index (χ3n) is 2.86. The van der Waals surface area contributed by atoms with Crippen molar-refractivity contribution in [3.63, 3.8) is 0 Å². The lowest BCUT2D eigenvalue weighted by molar-refractivity contribution is 0.227. The van der Waals surface area contributed by atoms with Gasteiger partial charge in [-0.1, -0.05) is 23.2 Å². The molecule has 0 atom stereocenters. The fourth-order valence-electron chi connectivity index (χ4n) is 1.79. The highest BCUT2D eigenvalue weighted by Gasteiger charge is 2.30. The molecule has 0 radical (unpaired) electrons. The number of rotatable bonds is 14. The molecule has 1 aromatic heterocycles. The third-order valence-corrected chi connectivity index (χ3v) is 8.02. The van der Waals surface area contributed by atoms with E-state index in [9.17, 15) is 9.13 Å². The van der Waals surface area contributed by atoms with Crippen molar-refractivity contribution in [2.45, 2.75) is 27.7 Å². The summed E-state index contributed by atoms with van der Waals surface area (Å²) in [6, 6.07) is 0. The van der Waals surface area contributed by atoms with E-state index in [4.69, 9.17) is 41.3 Å². The number of aromatic nitrogens is 2. The van der Waals surface area contributed by atoms with Crippen LogP contribution in [0, 0.1) is 0 Å². The smallest absolute Gasteiger partial charge is 0.339 e. The number of hydrogen-bond donors (Lipinski definition) is 2. The minimum atomic E-state index is -3.65. The highest BCUT2D eigenvalue weighted by molar-refractivity contribution is 7.61. The summed E-state index contributed by atoms with van der Waals surface area (Å²) in [5.74, 6) is 0.150. The van der Waals surface area contributed by atoms with Crippen molar-refractivity contribution in [1.82, 2.24) is 10.3 Å². The fourth-order valence-corrected chi connectivity index (χ4v) is 4.93. The van der Waals surface area contributed by atoms with Crippen LogP contribution in [0.4, 0.5) is 11.6 Å². The summed E-state index contributed by atoms with van der Waals surface area (Å²) in [5, 5.41) is 12.6. The van der Waals surface area contributed by atoms with Gasteiger partial charge in [0.1, 0.15) is 9.55 Å². The van der Waals surface area contributed by atoms with Gasteiger partial charge in [-0.05, 0) is 38.0 Å². The predicted molar refractivity (Wildman–Crippen MR) is 111 cm³/mol. The van der Waals surface area contributed by atoms with E-state index < -0.39 is 15.2 Å². The second-order valence-electron chi connectivity index (χ2n) is 4.85. The predicted octanol–water partition coefficient (Wildman–Crippen LogP) is 5.50. The first-order valence-electron chi connectivity index (χ1n) is 8.62. The van der Waals surface area contributed by atoms with Crippen molar-refractivity contribution in [3.8, 4) is 0 Å². The zero-order valence-electron chi connectivity index (χ0n) is 16.4. The molecule has 0 fully saturated rings. The molecule has 0 bridgehead atoms. The van der Waals surface area contributed by atoms with E-state index in [0.717, 1.165) is 0 Å². The first kappa shape index (κ1) is 26.1. The summed E-state index contributed by atoms with van der Waals surface area (Å²) in [6.07, 6.45) is 2.35. The van der Waals surface area contributed by atoms with Crippen LogP contribution in [0.5, 0.6) is 0 Å². The lowest BCUT2D eigenvalue weighted by Crippen LogP contribution is -2.00. The fraction of sp³-hybridized carbons (Fsp3) is 0.571. The molecular weight excluding hydrogens is 469 g/mol. The average molecular weight is 493 g/mol. The van der Waals surface area contributed by atoms with E-state index in [1.807, 2.05) is 0 Å². The van der Waals surface area contributed by atoms with Crippen molar-refractivity contribution in [2.75, 3.05) is 37.1 Å². The molecule has 166 valence electrons. The van der Waals surface area contributed by atoms with Gasteiger partial charge in [0.15, 0.2) is 0 Å². The van der Waals surface area contributed by atoms with Gasteiger partial charge in [-0.25, -0.2) is 4.63 Å². The van der Waals surface area contributed by atoms with Gasteiger partial charge in [-0.15, -0.1) is 0 Å². The molecule has 2 N–H and O–H groups in total. The topological polar surface area (TPSA) is 134 Å². The Kier molecular flexibility index (Phi) is 11.5. The van der Waals surface area contributed by atoms with Gasteiger partial charge in [0.05, 0.1) is 26.4 Å². The van der Waals surface area contributed by atoms with Gasteiger partial charge in [-0.2, -0.15) is 0 Å². The molecule has 15 heteroatoms. The summed E-state index contributed by atoms with van der Waals surface area (Å²) >= 11 is 12.1. The Hall–Kier alpha value is -0.900. The maximum Gasteiger partial charge on any atom is 0.374 e. The Morgan fingerprint density at radius 3 is 1.41 bits per heavy atom. The number of nitrogens with one attached hydrogen (secondary N) is 2. The number of anilines is 2. The van der Waals surface area contributed by atoms with E-state index in [1.165, 1.54) is 12.4 Å². The van der Waals surface area contributed by atoms with Gasteiger partial charge in [0.2, 0.25) is 11.6 Å². The lowest BCUT2D eigenvalue weighted by atomic mass is 10.6. The van der Waals surface area contributed by atoms with Crippen LogP contribution in [-0.2, 0) is 27.2 Å². The first-order chi connectivity index (χ1) is 13.8. The van der Waals surface area contributed by atoms with Crippen LogP contribution in [-0.4, -0.2) is 36.7 Å².